The van der Waals surface area contributed by atoms with Gasteiger partial charge in [0.1, 0.15) is 0 Å². The van der Waals surface area contributed by atoms with Crippen LogP contribution in [0.1, 0.15) is 86.0 Å². The molecule has 0 aliphatic carbocycles. The van der Waals surface area contributed by atoms with Gasteiger partial charge >= 0.3 is 5.97 Å². The van der Waals surface area contributed by atoms with Crippen molar-refractivity contribution < 1.29 is 15.0 Å². The second-order valence-corrected chi connectivity index (χ2v) is 10.3. The lowest BCUT2D eigenvalue weighted by atomic mass is 9.93. The first-order chi connectivity index (χ1) is 17.7. The molecule has 0 saturated heterocycles. The summed E-state index contributed by atoms with van der Waals surface area (Å²) in [5.41, 5.74) is 6.86. The first-order valence-corrected chi connectivity index (χ1v) is 14.0. The Morgan fingerprint density at radius 1 is 0.838 bits per heavy atom. The molecule has 0 saturated carbocycles. The topological polar surface area (TPSA) is 83.5 Å². The number of aliphatic carboxylic acids is 1. The number of unbranched alkanes of at least 4 members (excludes halogenated alkanes) is 3. The highest BCUT2D eigenvalue weighted by Gasteiger charge is 2.14. The van der Waals surface area contributed by atoms with E-state index < -0.39 is 12.1 Å². The van der Waals surface area contributed by atoms with Crippen LogP contribution in [-0.2, 0) is 4.79 Å². The van der Waals surface area contributed by atoms with Gasteiger partial charge in [-0.05, 0) is 63.5 Å². The second kappa shape index (κ2) is 22.7. The summed E-state index contributed by atoms with van der Waals surface area (Å²) in [4.78, 5) is 10.7. The molecule has 0 amide bonds. The Labute approximate surface area is 227 Å². The predicted octanol–water partition coefficient (Wildman–Crippen LogP) is 8.09. The Morgan fingerprint density at radius 2 is 1.46 bits per heavy atom. The molecule has 0 radical (unpaired) electrons. The summed E-state index contributed by atoms with van der Waals surface area (Å²) in [6.07, 6.45) is 32.5. The molecule has 0 rings (SSSR count). The number of hydrogen-bond donors (Lipinski definition) is 3. The number of carbonyl (C=O) groups is 1. The summed E-state index contributed by atoms with van der Waals surface area (Å²) in [6.45, 7) is 11.0. The van der Waals surface area contributed by atoms with E-state index in [0.717, 1.165) is 37.3 Å². The zero-order valence-corrected chi connectivity index (χ0v) is 24.0. The molecule has 0 spiro atoms. The normalized spacial score (nSPS) is 17.1. The Bertz CT molecular complexity index is 813. The second-order valence-electron chi connectivity index (χ2n) is 10.3. The van der Waals surface area contributed by atoms with Crippen molar-refractivity contribution in [3.05, 3.63) is 84.1 Å². The lowest BCUT2D eigenvalue weighted by molar-refractivity contribution is -0.132. The third kappa shape index (κ3) is 20.3. The molecule has 0 aliphatic heterocycles. The Kier molecular flexibility index (Phi) is 21.2. The van der Waals surface area contributed by atoms with Crippen molar-refractivity contribution in [2.24, 2.45) is 23.5 Å². The van der Waals surface area contributed by atoms with Crippen LogP contribution in [0.15, 0.2) is 84.1 Å². The molecule has 208 valence electrons. The molecule has 0 bridgehead atoms. The van der Waals surface area contributed by atoms with Crippen LogP contribution in [0.25, 0.3) is 0 Å². The van der Waals surface area contributed by atoms with Crippen LogP contribution in [0.3, 0.4) is 0 Å². The highest BCUT2D eigenvalue weighted by atomic mass is 16.4. The van der Waals surface area contributed by atoms with E-state index in [4.69, 9.17) is 10.8 Å². The number of hydrogen-bond acceptors (Lipinski definition) is 3. The molecular formula is C33H53NO3. The maximum Gasteiger partial charge on any atom is 0.331 e. The lowest BCUT2D eigenvalue weighted by Crippen LogP contribution is -2.17. The van der Waals surface area contributed by atoms with E-state index in [1.807, 2.05) is 50.3 Å². The number of allylic oxidation sites excluding steroid dienone is 11. The minimum Gasteiger partial charge on any atom is -0.478 e. The molecule has 0 aromatic heterocycles. The summed E-state index contributed by atoms with van der Waals surface area (Å²) in [5.74, 6) is 0.343. The van der Waals surface area contributed by atoms with E-state index in [0.29, 0.717) is 11.5 Å². The maximum atomic E-state index is 10.7. The molecule has 4 unspecified atom stereocenters. The van der Waals surface area contributed by atoms with Gasteiger partial charge in [-0.3, -0.25) is 0 Å². The van der Waals surface area contributed by atoms with Crippen LogP contribution in [0, 0.1) is 17.8 Å². The monoisotopic (exact) mass is 511 g/mol. The van der Waals surface area contributed by atoms with Gasteiger partial charge in [0.05, 0.1) is 6.10 Å². The Balaban J connectivity index is 4.26. The summed E-state index contributed by atoms with van der Waals surface area (Å²) in [5, 5.41) is 19.5. The van der Waals surface area contributed by atoms with Crippen LogP contribution in [0.5, 0.6) is 0 Å². The Hall–Kier alpha value is -2.43. The van der Waals surface area contributed by atoms with Crippen molar-refractivity contribution in [1.82, 2.24) is 0 Å². The quantitative estimate of drug-likeness (QED) is 0.0667. The van der Waals surface area contributed by atoms with E-state index in [-0.39, 0.29) is 5.92 Å². The molecule has 0 heterocycles. The summed E-state index contributed by atoms with van der Waals surface area (Å²) >= 11 is 0. The molecule has 0 aliphatic rings. The van der Waals surface area contributed by atoms with Gasteiger partial charge in [0.25, 0.3) is 0 Å². The van der Waals surface area contributed by atoms with Crippen molar-refractivity contribution in [2.75, 3.05) is 6.54 Å². The van der Waals surface area contributed by atoms with Gasteiger partial charge < -0.3 is 15.9 Å². The lowest BCUT2D eigenvalue weighted by Gasteiger charge is -2.18. The number of rotatable bonds is 20. The van der Waals surface area contributed by atoms with Crippen molar-refractivity contribution in [3.63, 3.8) is 0 Å². The first-order valence-electron chi connectivity index (χ1n) is 14.0. The van der Waals surface area contributed by atoms with Crippen molar-refractivity contribution in [3.8, 4) is 0 Å². The fourth-order valence-electron chi connectivity index (χ4n) is 3.92. The highest BCUT2D eigenvalue weighted by molar-refractivity contribution is 5.86. The summed E-state index contributed by atoms with van der Waals surface area (Å²) < 4.78 is 0. The molecule has 37 heavy (non-hydrogen) atoms. The largest absolute Gasteiger partial charge is 0.478 e. The Morgan fingerprint density at radius 3 is 2.11 bits per heavy atom. The third-order valence-corrected chi connectivity index (χ3v) is 6.41. The van der Waals surface area contributed by atoms with E-state index in [1.54, 1.807) is 25.2 Å². The first kappa shape index (κ1) is 34.6. The molecule has 0 aromatic rings. The maximum absolute atomic E-state index is 10.7. The molecular weight excluding hydrogens is 458 g/mol. The van der Waals surface area contributed by atoms with Crippen LogP contribution < -0.4 is 5.73 Å². The van der Waals surface area contributed by atoms with E-state index in [1.165, 1.54) is 32.1 Å². The van der Waals surface area contributed by atoms with Gasteiger partial charge in [0.2, 0.25) is 0 Å². The van der Waals surface area contributed by atoms with Crippen molar-refractivity contribution >= 4 is 5.97 Å². The average Bonchev–Trinajstić information content (AvgIpc) is 2.86. The number of carboxylic acids is 1. The van der Waals surface area contributed by atoms with Gasteiger partial charge in [0.15, 0.2) is 0 Å². The average molecular weight is 512 g/mol. The smallest absolute Gasteiger partial charge is 0.331 e. The molecule has 4 N–H and O–H groups in total. The van der Waals surface area contributed by atoms with E-state index in [9.17, 15) is 9.90 Å². The highest BCUT2D eigenvalue weighted by Crippen LogP contribution is 2.20. The van der Waals surface area contributed by atoms with Crippen LogP contribution in [0.4, 0.5) is 0 Å². The number of carboxylic acid groups (broad SMARTS) is 1. The minimum absolute atomic E-state index is 0.0342. The number of aliphatic hydroxyl groups excluding tert-OH is 1. The fourth-order valence-corrected chi connectivity index (χ4v) is 3.92. The molecule has 4 atom stereocenters. The minimum atomic E-state index is -0.913. The molecule has 4 nitrogen and oxygen atoms in total. The zero-order valence-electron chi connectivity index (χ0n) is 24.0. The van der Waals surface area contributed by atoms with E-state index in [2.05, 4.69) is 32.1 Å². The van der Waals surface area contributed by atoms with Gasteiger partial charge in [0, 0.05) is 11.5 Å². The molecule has 4 heteroatoms. The van der Waals surface area contributed by atoms with Gasteiger partial charge in [-0.1, -0.05) is 119 Å². The van der Waals surface area contributed by atoms with Gasteiger partial charge in [-0.15, -0.1) is 0 Å². The molecule has 0 fully saturated rings. The fraction of sp³-hybridized carbons (Fsp3) is 0.545. The summed E-state index contributed by atoms with van der Waals surface area (Å²) in [6, 6.07) is 0. The van der Waals surface area contributed by atoms with Crippen LogP contribution in [-0.4, -0.2) is 28.8 Å². The molecule has 0 aromatic carbocycles. The third-order valence-electron chi connectivity index (χ3n) is 6.41. The predicted molar refractivity (Wildman–Crippen MR) is 160 cm³/mol. The van der Waals surface area contributed by atoms with Gasteiger partial charge in [-0.2, -0.15) is 0 Å². The standard InChI is InChI=1S/C33H53NO3/c1-27(20-14-11-12-19-25-34)21-15-13-16-22-28(2)26-31(5)32(35)29(3)23-17-9-7-6-8-10-18-24-30(4)33(36)37/h6-11,14,17-18,23-24,26-29,32,35H,12-13,15-16,19-22,25,34H2,1-5H3,(H,36,37)/b8-6+,9-7+,14-11+,18-10+,23-17+,30-24+,31-26+. The van der Waals surface area contributed by atoms with Gasteiger partial charge in [-0.25, -0.2) is 4.79 Å². The van der Waals surface area contributed by atoms with Crippen LogP contribution in [0.2, 0.25) is 0 Å². The SMILES string of the molecule is C\C(=C/C=C/C=C/C=C/C=C/C(C)C(O)/C(C)=C/C(C)CCCCCC(C)C/C=C/CCCN)C(=O)O. The summed E-state index contributed by atoms with van der Waals surface area (Å²) in [7, 11) is 0. The van der Waals surface area contributed by atoms with Crippen molar-refractivity contribution in [2.45, 2.75) is 92.1 Å². The number of nitrogens with two attached hydrogens (primary N) is 1. The van der Waals surface area contributed by atoms with E-state index >= 15 is 0 Å². The van der Waals surface area contributed by atoms with Crippen LogP contribution >= 0.6 is 0 Å². The van der Waals surface area contributed by atoms with Crippen molar-refractivity contribution in [1.29, 1.82) is 0 Å². The number of aliphatic hydroxyl groups is 1. The zero-order chi connectivity index (χ0) is 27.9.